The van der Waals surface area contributed by atoms with Crippen LogP contribution in [0.5, 0.6) is 11.5 Å². The van der Waals surface area contributed by atoms with Gasteiger partial charge in [-0.3, -0.25) is 14.9 Å². The van der Waals surface area contributed by atoms with Crippen molar-refractivity contribution >= 4 is 28.2 Å². The number of carbonyl (C=O) groups is 2. The van der Waals surface area contributed by atoms with E-state index in [1.807, 2.05) is 0 Å². The number of methoxy groups -OCH3 is 1. The van der Waals surface area contributed by atoms with Gasteiger partial charge in [-0.15, -0.1) is 11.3 Å². The van der Waals surface area contributed by atoms with Gasteiger partial charge in [-0.05, 0) is 12.1 Å². The molecule has 0 atom stereocenters. The van der Waals surface area contributed by atoms with Crippen LogP contribution in [-0.2, 0) is 0 Å². The summed E-state index contributed by atoms with van der Waals surface area (Å²) in [6.07, 6.45) is 0. The second-order valence-corrected chi connectivity index (χ2v) is 4.79. The average Bonchev–Trinajstić information content (AvgIpc) is 2.87. The van der Waals surface area contributed by atoms with E-state index in [1.165, 1.54) is 26.2 Å². The summed E-state index contributed by atoms with van der Waals surface area (Å²) in [6.45, 7) is 1.40. The standard InChI is InChI=1S/C13H12N2O4S/c1-7(16)10-6-20-13(14-10)15-12(18)9-4-3-8(19-2)5-11(9)17/h3-6,17H,1-2H3,(H,14,15,18). The molecule has 0 saturated heterocycles. The van der Waals surface area contributed by atoms with E-state index in [0.29, 0.717) is 16.6 Å². The Bertz CT molecular complexity index is 666. The summed E-state index contributed by atoms with van der Waals surface area (Å²) in [7, 11) is 1.47. The van der Waals surface area contributed by atoms with Crippen LogP contribution in [0.4, 0.5) is 5.13 Å². The Labute approximate surface area is 119 Å². The maximum Gasteiger partial charge on any atom is 0.261 e. The number of hydrogen-bond donors (Lipinski definition) is 2. The van der Waals surface area contributed by atoms with Crippen molar-refractivity contribution in [3.63, 3.8) is 0 Å². The van der Waals surface area contributed by atoms with E-state index in [9.17, 15) is 14.7 Å². The first-order valence-corrected chi connectivity index (χ1v) is 6.54. The third kappa shape index (κ3) is 2.94. The third-order valence-electron chi connectivity index (χ3n) is 2.53. The van der Waals surface area contributed by atoms with Crippen molar-refractivity contribution in [2.75, 3.05) is 12.4 Å². The Morgan fingerprint density at radius 1 is 1.40 bits per heavy atom. The predicted octanol–water partition coefficient (Wildman–Crippen LogP) is 2.31. The summed E-state index contributed by atoms with van der Waals surface area (Å²) in [4.78, 5) is 27.1. The number of ether oxygens (including phenoxy) is 1. The fourth-order valence-corrected chi connectivity index (χ4v) is 2.23. The van der Waals surface area contributed by atoms with Crippen LogP contribution in [0.2, 0.25) is 0 Å². The highest BCUT2D eigenvalue weighted by Crippen LogP contribution is 2.25. The molecule has 2 N–H and O–H groups in total. The minimum atomic E-state index is -0.505. The Morgan fingerprint density at radius 3 is 2.70 bits per heavy atom. The Balaban J connectivity index is 2.17. The number of aromatic nitrogens is 1. The molecule has 0 aliphatic heterocycles. The van der Waals surface area contributed by atoms with E-state index in [2.05, 4.69) is 10.3 Å². The predicted molar refractivity (Wildman–Crippen MR) is 74.7 cm³/mol. The van der Waals surface area contributed by atoms with Gasteiger partial charge in [-0.25, -0.2) is 4.98 Å². The SMILES string of the molecule is COc1ccc(C(=O)Nc2nc(C(C)=O)cs2)c(O)c1. The fraction of sp³-hybridized carbons (Fsp3) is 0.154. The molecule has 104 valence electrons. The lowest BCUT2D eigenvalue weighted by molar-refractivity contribution is 0.100. The lowest BCUT2D eigenvalue weighted by Crippen LogP contribution is -2.12. The zero-order valence-electron chi connectivity index (χ0n) is 10.8. The molecule has 0 spiro atoms. The Hall–Kier alpha value is -2.41. The number of nitrogens with zero attached hydrogens (tertiary/aromatic N) is 1. The number of thiazole rings is 1. The highest BCUT2D eigenvalue weighted by atomic mass is 32.1. The molecule has 7 heteroatoms. The van der Waals surface area contributed by atoms with Crippen LogP contribution in [0.15, 0.2) is 23.6 Å². The van der Waals surface area contributed by atoms with Crippen molar-refractivity contribution in [3.8, 4) is 11.5 Å². The minimum absolute atomic E-state index is 0.102. The molecule has 1 heterocycles. The number of carbonyl (C=O) groups excluding carboxylic acids is 2. The number of phenolic OH excluding ortho intramolecular Hbond substituents is 1. The second-order valence-electron chi connectivity index (χ2n) is 3.93. The van der Waals surface area contributed by atoms with Crippen LogP contribution in [0.1, 0.15) is 27.8 Å². The molecule has 0 saturated carbocycles. The molecule has 6 nitrogen and oxygen atoms in total. The van der Waals surface area contributed by atoms with Crippen molar-refractivity contribution in [1.29, 1.82) is 0 Å². The van der Waals surface area contributed by atoms with Gasteiger partial charge >= 0.3 is 0 Å². The summed E-state index contributed by atoms with van der Waals surface area (Å²) in [5, 5.41) is 14.1. The summed E-state index contributed by atoms with van der Waals surface area (Å²) >= 11 is 1.14. The molecule has 0 unspecified atom stereocenters. The number of Topliss-reactive ketones (excluding diaryl/α,β-unsaturated/α-hetero) is 1. The first-order chi connectivity index (χ1) is 9.51. The zero-order valence-corrected chi connectivity index (χ0v) is 11.7. The van der Waals surface area contributed by atoms with Crippen LogP contribution in [0.25, 0.3) is 0 Å². The quantitative estimate of drug-likeness (QED) is 0.844. The maximum atomic E-state index is 12.0. The first-order valence-electron chi connectivity index (χ1n) is 5.66. The Morgan fingerprint density at radius 2 is 2.15 bits per heavy atom. The van der Waals surface area contributed by atoms with Crippen LogP contribution < -0.4 is 10.1 Å². The number of hydrogen-bond acceptors (Lipinski definition) is 6. The summed E-state index contributed by atoms with van der Waals surface area (Å²) < 4.78 is 4.94. The smallest absolute Gasteiger partial charge is 0.261 e. The number of benzene rings is 1. The van der Waals surface area contributed by atoms with E-state index in [0.717, 1.165) is 11.3 Å². The lowest BCUT2D eigenvalue weighted by atomic mass is 10.2. The van der Waals surface area contributed by atoms with E-state index < -0.39 is 5.91 Å². The van der Waals surface area contributed by atoms with E-state index >= 15 is 0 Å². The molecule has 0 bridgehead atoms. The van der Waals surface area contributed by atoms with Gasteiger partial charge in [0, 0.05) is 18.4 Å². The molecule has 1 aromatic heterocycles. The summed E-state index contributed by atoms with van der Waals surface area (Å²) in [5.41, 5.74) is 0.398. The van der Waals surface area contributed by atoms with Gasteiger partial charge in [-0.1, -0.05) is 0 Å². The fourth-order valence-electron chi connectivity index (χ4n) is 1.49. The topological polar surface area (TPSA) is 88.5 Å². The van der Waals surface area contributed by atoms with Crippen LogP contribution >= 0.6 is 11.3 Å². The van der Waals surface area contributed by atoms with Crippen molar-refractivity contribution in [3.05, 3.63) is 34.8 Å². The highest BCUT2D eigenvalue weighted by molar-refractivity contribution is 7.14. The lowest BCUT2D eigenvalue weighted by Gasteiger charge is -2.06. The molecule has 0 aliphatic carbocycles. The van der Waals surface area contributed by atoms with Crippen molar-refractivity contribution in [1.82, 2.24) is 4.98 Å². The van der Waals surface area contributed by atoms with Crippen molar-refractivity contribution in [2.24, 2.45) is 0 Å². The minimum Gasteiger partial charge on any atom is -0.507 e. The molecular formula is C13H12N2O4S. The molecule has 1 aromatic carbocycles. The maximum absolute atomic E-state index is 12.0. The van der Waals surface area contributed by atoms with E-state index in [1.54, 1.807) is 11.4 Å². The second kappa shape index (κ2) is 5.70. The monoisotopic (exact) mass is 292 g/mol. The van der Waals surface area contributed by atoms with Crippen molar-refractivity contribution < 1.29 is 19.4 Å². The van der Waals surface area contributed by atoms with Gasteiger partial charge in [0.2, 0.25) is 0 Å². The van der Waals surface area contributed by atoms with Crippen LogP contribution in [0.3, 0.4) is 0 Å². The number of phenols is 1. The molecule has 0 aliphatic rings. The van der Waals surface area contributed by atoms with Gasteiger partial charge in [0.05, 0.1) is 12.7 Å². The molecule has 2 rings (SSSR count). The largest absolute Gasteiger partial charge is 0.507 e. The van der Waals surface area contributed by atoms with Gasteiger partial charge in [0.1, 0.15) is 17.2 Å². The molecule has 2 aromatic rings. The van der Waals surface area contributed by atoms with Crippen molar-refractivity contribution in [2.45, 2.75) is 6.92 Å². The zero-order chi connectivity index (χ0) is 14.7. The summed E-state index contributed by atoms with van der Waals surface area (Å²) in [6, 6.07) is 4.36. The van der Waals surface area contributed by atoms with Gasteiger partial charge in [0.25, 0.3) is 5.91 Å². The van der Waals surface area contributed by atoms with E-state index in [4.69, 9.17) is 4.74 Å². The third-order valence-corrected chi connectivity index (χ3v) is 3.29. The van der Waals surface area contributed by atoms with Crippen LogP contribution in [0, 0.1) is 0 Å². The summed E-state index contributed by atoms with van der Waals surface area (Å²) in [5.74, 6) is -0.416. The molecule has 0 fully saturated rings. The van der Waals surface area contributed by atoms with Gasteiger partial charge < -0.3 is 9.84 Å². The molecular weight excluding hydrogens is 280 g/mol. The number of rotatable bonds is 4. The number of nitrogens with one attached hydrogen (secondary N) is 1. The number of amides is 1. The van der Waals surface area contributed by atoms with E-state index in [-0.39, 0.29) is 17.1 Å². The number of ketones is 1. The highest BCUT2D eigenvalue weighted by Gasteiger charge is 2.14. The number of anilines is 1. The first kappa shape index (κ1) is 14.0. The van der Waals surface area contributed by atoms with Gasteiger partial charge in [0.15, 0.2) is 10.9 Å². The van der Waals surface area contributed by atoms with Gasteiger partial charge in [-0.2, -0.15) is 0 Å². The molecule has 0 radical (unpaired) electrons. The average molecular weight is 292 g/mol. The normalized spacial score (nSPS) is 10.1. The number of aromatic hydroxyl groups is 1. The Kier molecular flexibility index (Phi) is 3.99. The molecule has 1 amide bonds. The van der Waals surface area contributed by atoms with Crippen LogP contribution in [-0.4, -0.2) is 28.9 Å². The molecule has 20 heavy (non-hydrogen) atoms.